The summed E-state index contributed by atoms with van der Waals surface area (Å²) in [5.74, 6) is 0.565. The van der Waals surface area contributed by atoms with Gasteiger partial charge in [-0.2, -0.15) is 0 Å². The number of hydrogen-bond donors (Lipinski definition) is 2. The van der Waals surface area contributed by atoms with E-state index in [1.165, 1.54) is 11.8 Å². The molecule has 0 fully saturated rings. The summed E-state index contributed by atoms with van der Waals surface area (Å²) >= 11 is 1.53. The molecule has 0 saturated carbocycles. The highest BCUT2D eigenvalue weighted by Crippen LogP contribution is 2.19. The van der Waals surface area contributed by atoms with Crippen molar-refractivity contribution in [3.8, 4) is 0 Å². The van der Waals surface area contributed by atoms with Crippen LogP contribution in [0.5, 0.6) is 0 Å². The van der Waals surface area contributed by atoms with E-state index in [-0.39, 0.29) is 23.6 Å². The first kappa shape index (κ1) is 15.4. The summed E-state index contributed by atoms with van der Waals surface area (Å²) in [7, 11) is 0. The highest BCUT2D eigenvalue weighted by molar-refractivity contribution is 8.02. The number of carbonyl (C=O) groups excluding carboxylic acids is 2. The number of benzene rings is 1. The van der Waals surface area contributed by atoms with Gasteiger partial charge < -0.3 is 15.4 Å². The van der Waals surface area contributed by atoms with Crippen LogP contribution in [-0.2, 0) is 9.53 Å². The minimum Gasteiger partial charge on any atom is -0.487 e. The monoisotopic (exact) mass is 306 g/mol. The molecule has 1 heterocycles. The third-order valence-corrected chi connectivity index (χ3v) is 3.50. The zero-order chi connectivity index (χ0) is 15.2. The Morgan fingerprint density at radius 1 is 1.24 bits per heavy atom. The molecule has 0 bridgehead atoms. The van der Waals surface area contributed by atoms with Gasteiger partial charge in [0, 0.05) is 17.2 Å². The molecule has 2 rings (SSSR count). The van der Waals surface area contributed by atoms with Crippen molar-refractivity contribution < 1.29 is 14.3 Å². The van der Waals surface area contributed by atoms with Gasteiger partial charge in [0.15, 0.2) is 5.76 Å². The van der Waals surface area contributed by atoms with Crippen LogP contribution in [0.25, 0.3) is 0 Å². The largest absolute Gasteiger partial charge is 0.487 e. The molecule has 6 heteroatoms. The van der Waals surface area contributed by atoms with E-state index < -0.39 is 0 Å². The zero-order valence-corrected chi connectivity index (χ0v) is 12.8. The van der Waals surface area contributed by atoms with Crippen molar-refractivity contribution in [3.63, 3.8) is 0 Å². The summed E-state index contributed by atoms with van der Waals surface area (Å²) in [5.41, 5.74) is 0.907. The maximum Gasteiger partial charge on any atom is 0.291 e. The number of ether oxygens (including phenoxy) is 1. The van der Waals surface area contributed by atoms with Crippen LogP contribution in [0.4, 0.5) is 5.69 Å². The normalized spacial score (nSPS) is 14.1. The molecule has 2 N–H and O–H groups in total. The topological polar surface area (TPSA) is 67.4 Å². The van der Waals surface area contributed by atoms with Crippen molar-refractivity contribution in [2.75, 3.05) is 17.7 Å². The number of amides is 2. The van der Waals surface area contributed by atoms with Crippen LogP contribution in [0.3, 0.4) is 0 Å². The predicted molar refractivity (Wildman–Crippen MR) is 84.2 cm³/mol. The number of para-hydroxylation sites is 1. The lowest BCUT2D eigenvalue weighted by Crippen LogP contribution is -2.31. The Hall–Kier alpha value is -1.95. The van der Waals surface area contributed by atoms with Crippen LogP contribution >= 0.6 is 11.8 Å². The van der Waals surface area contributed by atoms with Gasteiger partial charge >= 0.3 is 0 Å². The molecule has 2 amide bonds. The molecular formula is C15H18N2O3S. The Kier molecular flexibility index (Phi) is 5.27. The van der Waals surface area contributed by atoms with Gasteiger partial charge in [-0.3, -0.25) is 9.59 Å². The number of rotatable bonds is 4. The highest BCUT2D eigenvalue weighted by Gasteiger charge is 2.18. The number of thioether (sulfide) groups is 1. The molecule has 21 heavy (non-hydrogen) atoms. The van der Waals surface area contributed by atoms with E-state index in [1.54, 1.807) is 29.7 Å². The summed E-state index contributed by atoms with van der Waals surface area (Å²) < 4.78 is 5.30. The van der Waals surface area contributed by atoms with Crippen LogP contribution in [-0.4, -0.2) is 30.2 Å². The third-order valence-electron chi connectivity index (χ3n) is 2.71. The fourth-order valence-electron chi connectivity index (χ4n) is 1.80. The van der Waals surface area contributed by atoms with Crippen molar-refractivity contribution >= 4 is 29.3 Å². The van der Waals surface area contributed by atoms with Crippen LogP contribution in [0, 0.1) is 0 Å². The third kappa shape index (κ3) is 4.26. The molecule has 112 valence electrons. The molecular weight excluding hydrogens is 288 g/mol. The molecule has 0 spiro atoms. The Morgan fingerprint density at radius 3 is 2.67 bits per heavy atom. The quantitative estimate of drug-likeness (QED) is 0.896. The second kappa shape index (κ2) is 7.17. The molecule has 5 nitrogen and oxygen atoms in total. The van der Waals surface area contributed by atoms with Crippen LogP contribution in [0.1, 0.15) is 24.2 Å². The minimum atomic E-state index is -0.341. The number of anilines is 1. The van der Waals surface area contributed by atoms with E-state index in [0.29, 0.717) is 17.9 Å². The highest BCUT2D eigenvalue weighted by atomic mass is 32.2. The lowest BCUT2D eigenvalue weighted by atomic mass is 10.1. The van der Waals surface area contributed by atoms with Crippen LogP contribution < -0.4 is 10.6 Å². The minimum absolute atomic E-state index is 0.0297. The summed E-state index contributed by atoms with van der Waals surface area (Å²) in [6.07, 6.45) is 0. The molecule has 0 atom stereocenters. The van der Waals surface area contributed by atoms with Crippen LogP contribution in [0.15, 0.2) is 35.4 Å². The second-order valence-electron chi connectivity index (χ2n) is 4.83. The molecule has 0 saturated heterocycles. The van der Waals surface area contributed by atoms with Crippen molar-refractivity contribution in [2.45, 2.75) is 19.9 Å². The molecule has 1 aliphatic heterocycles. The first-order valence-electron chi connectivity index (χ1n) is 6.73. The van der Waals surface area contributed by atoms with Gasteiger partial charge in [-0.1, -0.05) is 12.1 Å². The van der Waals surface area contributed by atoms with E-state index in [1.807, 2.05) is 13.8 Å². The van der Waals surface area contributed by atoms with Gasteiger partial charge in [-0.05, 0) is 26.0 Å². The van der Waals surface area contributed by atoms with Gasteiger partial charge in [0.05, 0.1) is 17.9 Å². The fourth-order valence-corrected chi connectivity index (χ4v) is 2.43. The molecule has 1 aromatic rings. The molecule has 0 unspecified atom stereocenters. The predicted octanol–water partition coefficient (Wildman–Crippen LogP) is 2.37. The van der Waals surface area contributed by atoms with E-state index in [4.69, 9.17) is 4.74 Å². The average Bonchev–Trinajstić information content (AvgIpc) is 2.48. The standard InChI is InChI=1S/C15H18N2O3S/c1-10(2)16-14(18)11-5-3-4-6-12(11)17-15(19)13-9-21-8-7-20-13/h3-6,9-10H,7-8H2,1-2H3,(H,16,18)(H,17,19). The Labute approximate surface area is 128 Å². The van der Waals surface area contributed by atoms with Gasteiger partial charge in [0.25, 0.3) is 11.8 Å². The number of hydrogen-bond acceptors (Lipinski definition) is 4. The number of carbonyl (C=O) groups is 2. The van der Waals surface area contributed by atoms with E-state index >= 15 is 0 Å². The average molecular weight is 306 g/mol. The van der Waals surface area contributed by atoms with Gasteiger partial charge in [-0.15, -0.1) is 11.8 Å². The van der Waals surface area contributed by atoms with Gasteiger partial charge in [-0.25, -0.2) is 0 Å². The number of nitrogens with one attached hydrogen (secondary N) is 2. The summed E-state index contributed by atoms with van der Waals surface area (Å²) in [4.78, 5) is 24.2. The maximum absolute atomic E-state index is 12.1. The van der Waals surface area contributed by atoms with Crippen molar-refractivity contribution in [3.05, 3.63) is 41.0 Å². The van der Waals surface area contributed by atoms with Crippen LogP contribution in [0.2, 0.25) is 0 Å². The molecule has 1 aliphatic rings. The first-order chi connectivity index (χ1) is 10.1. The first-order valence-corrected chi connectivity index (χ1v) is 7.78. The molecule has 1 aromatic carbocycles. The lowest BCUT2D eigenvalue weighted by molar-refractivity contribution is -0.116. The van der Waals surface area contributed by atoms with Crippen molar-refractivity contribution in [1.82, 2.24) is 5.32 Å². The fraction of sp³-hybridized carbons (Fsp3) is 0.333. The summed E-state index contributed by atoms with van der Waals surface area (Å²) in [5, 5.41) is 7.23. The zero-order valence-electron chi connectivity index (χ0n) is 12.0. The van der Waals surface area contributed by atoms with Gasteiger partial charge in [0.1, 0.15) is 0 Å². The van der Waals surface area contributed by atoms with E-state index in [2.05, 4.69) is 10.6 Å². The van der Waals surface area contributed by atoms with E-state index in [0.717, 1.165) is 5.75 Å². The smallest absolute Gasteiger partial charge is 0.291 e. The SMILES string of the molecule is CC(C)NC(=O)c1ccccc1NC(=O)C1=CSCCO1. The second-order valence-corrected chi connectivity index (χ2v) is 5.81. The maximum atomic E-state index is 12.1. The molecule has 0 aromatic heterocycles. The molecule has 0 aliphatic carbocycles. The Morgan fingerprint density at radius 2 is 2.00 bits per heavy atom. The Bertz CT molecular complexity index is 570. The van der Waals surface area contributed by atoms with Crippen molar-refractivity contribution in [2.24, 2.45) is 0 Å². The molecule has 0 radical (unpaired) electrons. The van der Waals surface area contributed by atoms with Crippen molar-refractivity contribution in [1.29, 1.82) is 0 Å². The summed E-state index contributed by atoms with van der Waals surface area (Å²) in [6.45, 7) is 4.29. The van der Waals surface area contributed by atoms with Gasteiger partial charge in [0.2, 0.25) is 0 Å². The Balaban J connectivity index is 2.14. The van der Waals surface area contributed by atoms with E-state index in [9.17, 15) is 9.59 Å². The lowest BCUT2D eigenvalue weighted by Gasteiger charge is -2.16. The summed E-state index contributed by atoms with van der Waals surface area (Å²) in [6, 6.07) is 6.94.